The minimum atomic E-state index is -0.0942. The quantitative estimate of drug-likeness (QED) is 0.847. The van der Waals surface area contributed by atoms with Crippen molar-refractivity contribution in [3.63, 3.8) is 0 Å². The third-order valence-electron chi connectivity index (χ3n) is 5.59. The van der Waals surface area contributed by atoms with E-state index in [2.05, 4.69) is 38.5 Å². The van der Waals surface area contributed by atoms with Gasteiger partial charge in [-0.3, -0.25) is 9.69 Å². The maximum Gasteiger partial charge on any atom is 0.233 e. The maximum atomic E-state index is 13.3. The number of carbonyl (C=O) groups excluding carboxylic acids is 1. The van der Waals surface area contributed by atoms with E-state index in [1.54, 1.807) is 11.3 Å². The Hall–Kier alpha value is -1.66. The summed E-state index contributed by atoms with van der Waals surface area (Å²) in [5.74, 6) is 0.924. The van der Waals surface area contributed by atoms with Crippen LogP contribution in [-0.4, -0.2) is 44.9 Å². The van der Waals surface area contributed by atoms with Gasteiger partial charge < -0.3 is 9.47 Å². The molecule has 2 aromatic heterocycles. The number of imidazole rings is 1. The van der Waals surface area contributed by atoms with Crippen molar-refractivity contribution in [1.82, 2.24) is 19.4 Å². The molecule has 0 N–H and O–H groups in total. The van der Waals surface area contributed by atoms with E-state index in [0.717, 1.165) is 62.9 Å². The SMILES string of the molecule is CC1CCN(C(=O)[C@@H]2CN(Cc3ccsc3)Cc3ncn(C)c32)CC1. The van der Waals surface area contributed by atoms with E-state index >= 15 is 0 Å². The number of carbonyl (C=O) groups is 1. The summed E-state index contributed by atoms with van der Waals surface area (Å²) in [7, 11) is 2.01. The molecule has 1 amide bonds. The van der Waals surface area contributed by atoms with Gasteiger partial charge in [0.1, 0.15) is 0 Å². The molecule has 0 saturated carbocycles. The van der Waals surface area contributed by atoms with Crippen molar-refractivity contribution < 1.29 is 4.79 Å². The lowest BCUT2D eigenvalue weighted by Gasteiger charge is -2.37. The van der Waals surface area contributed by atoms with Crippen molar-refractivity contribution >= 4 is 17.2 Å². The number of nitrogens with zero attached hydrogens (tertiary/aromatic N) is 4. The fraction of sp³-hybridized carbons (Fsp3) is 0.579. The van der Waals surface area contributed by atoms with Crippen LogP contribution in [0.5, 0.6) is 0 Å². The predicted octanol–water partition coefficient (Wildman–Crippen LogP) is 2.84. The molecule has 6 heteroatoms. The molecule has 4 heterocycles. The number of hydrogen-bond acceptors (Lipinski definition) is 4. The predicted molar refractivity (Wildman–Crippen MR) is 99.4 cm³/mol. The van der Waals surface area contributed by atoms with Gasteiger partial charge in [-0.25, -0.2) is 4.98 Å². The van der Waals surface area contributed by atoms with Crippen LogP contribution in [-0.2, 0) is 24.9 Å². The Balaban J connectivity index is 1.56. The van der Waals surface area contributed by atoms with Crippen LogP contribution in [0.15, 0.2) is 23.2 Å². The van der Waals surface area contributed by atoms with E-state index in [1.165, 1.54) is 5.56 Å². The molecule has 25 heavy (non-hydrogen) atoms. The molecule has 4 rings (SSSR count). The van der Waals surface area contributed by atoms with Crippen molar-refractivity contribution in [2.24, 2.45) is 13.0 Å². The first kappa shape index (κ1) is 16.8. The minimum Gasteiger partial charge on any atom is -0.342 e. The van der Waals surface area contributed by atoms with Crippen LogP contribution in [0.1, 0.15) is 42.6 Å². The summed E-state index contributed by atoms with van der Waals surface area (Å²) in [6.07, 6.45) is 4.10. The first-order chi connectivity index (χ1) is 12.1. The lowest BCUT2D eigenvalue weighted by atomic mass is 9.93. The average Bonchev–Trinajstić information content (AvgIpc) is 3.25. The molecule has 0 unspecified atom stereocenters. The molecule has 1 fully saturated rings. The lowest BCUT2D eigenvalue weighted by Crippen LogP contribution is -2.46. The van der Waals surface area contributed by atoms with Gasteiger partial charge in [-0.15, -0.1) is 0 Å². The number of piperidine rings is 1. The molecule has 0 spiro atoms. The highest BCUT2D eigenvalue weighted by Gasteiger charge is 2.36. The van der Waals surface area contributed by atoms with Gasteiger partial charge in [-0.2, -0.15) is 11.3 Å². The highest BCUT2D eigenvalue weighted by atomic mass is 32.1. The molecule has 1 atom stereocenters. The summed E-state index contributed by atoms with van der Waals surface area (Å²) in [5.41, 5.74) is 3.50. The summed E-state index contributed by atoms with van der Waals surface area (Å²) < 4.78 is 2.05. The summed E-state index contributed by atoms with van der Waals surface area (Å²) in [4.78, 5) is 22.3. The highest BCUT2D eigenvalue weighted by Crippen LogP contribution is 2.31. The monoisotopic (exact) mass is 358 g/mol. The van der Waals surface area contributed by atoms with Crippen molar-refractivity contribution in [1.29, 1.82) is 0 Å². The number of hydrogen-bond donors (Lipinski definition) is 0. The highest BCUT2D eigenvalue weighted by molar-refractivity contribution is 7.07. The molecule has 2 aliphatic heterocycles. The van der Waals surface area contributed by atoms with Crippen molar-refractivity contribution in [2.75, 3.05) is 19.6 Å². The van der Waals surface area contributed by atoms with Crippen LogP contribution < -0.4 is 0 Å². The molecule has 2 aliphatic rings. The number of rotatable bonds is 3. The summed E-state index contributed by atoms with van der Waals surface area (Å²) >= 11 is 1.73. The Bertz CT molecular complexity index is 731. The third-order valence-corrected chi connectivity index (χ3v) is 6.32. The number of likely N-dealkylation sites (tertiary alicyclic amines) is 1. The lowest BCUT2D eigenvalue weighted by molar-refractivity contribution is -0.135. The maximum absolute atomic E-state index is 13.3. The zero-order chi connectivity index (χ0) is 17.4. The summed E-state index contributed by atoms with van der Waals surface area (Å²) in [6, 6.07) is 2.17. The second-order valence-corrected chi connectivity index (χ2v) is 8.33. The standard InChI is InChI=1S/C19H26N4OS/c1-14-3-6-23(7-4-14)19(24)16-10-22(9-15-5-8-25-12-15)11-17-18(16)21(2)13-20-17/h5,8,12-14,16H,3-4,6-7,9-11H2,1-2H3/t16-/m1/s1. The van der Waals surface area contributed by atoms with Gasteiger partial charge in [-0.1, -0.05) is 6.92 Å². The van der Waals surface area contributed by atoms with Gasteiger partial charge in [0.15, 0.2) is 0 Å². The average molecular weight is 359 g/mol. The second-order valence-electron chi connectivity index (χ2n) is 7.55. The zero-order valence-corrected chi connectivity index (χ0v) is 15.8. The number of thiophene rings is 1. The molecular formula is C19H26N4OS. The van der Waals surface area contributed by atoms with Crippen molar-refractivity contribution in [2.45, 2.75) is 38.8 Å². The zero-order valence-electron chi connectivity index (χ0n) is 15.0. The summed E-state index contributed by atoms with van der Waals surface area (Å²) in [5, 5.41) is 4.31. The van der Waals surface area contributed by atoms with E-state index in [1.807, 2.05) is 17.9 Å². The molecule has 0 radical (unpaired) electrons. The third kappa shape index (κ3) is 3.37. The fourth-order valence-electron chi connectivity index (χ4n) is 4.08. The van der Waals surface area contributed by atoms with E-state index in [9.17, 15) is 4.79 Å². The number of fused-ring (bicyclic) bond motifs is 1. The smallest absolute Gasteiger partial charge is 0.233 e. The number of aromatic nitrogens is 2. The molecule has 1 saturated heterocycles. The molecular weight excluding hydrogens is 332 g/mol. The Morgan fingerprint density at radius 2 is 2.16 bits per heavy atom. The second kappa shape index (κ2) is 6.92. The molecule has 5 nitrogen and oxygen atoms in total. The molecule has 134 valence electrons. The number of aryl methyl sites for hydroxylation is 1. The molecule has 0 bridgehead atoms. The molecule has 0 aliphatic carbocycles. The topological polar surface area (TPSA) is 41.4 Å². The van der Waals surface area contributed by atoms with Crippen molar-refractivity contribution in [3.8, 4) is 0 Å². The Morgan fingerprint density at radius 1 is 1.36 bits per heavy atom. The molecule has 0 aromatic carbocycles. The van der Waals surface area contributed by atoms with Crippen LogP contribution in [0.4, 0.5) is 0 Å². The first-order valence-corrected chi connectivity index (χ1v) is 10.1. The van der Waals surface area contributed by atoms with Crippen LogP contribution in [0, 0.1) is 5.92 Å². The summed E-state index contributed by atoms with van der Waals surface area (Å²) in [6.45, 7) is 6.58. The minimum absolute atomic E-state index is 0.0942. The largest absolute Gasteiger partial charge is 0.342 e. The van der Waals surface area contributed by atoms with Crippen LogP contribution in [0.25, 0.3) is 0 Å². The Labute approximate surface area is 153 Å². The normalized spacial score (nSPS) is 22.2. The Kier molecular flexibility index (Phi) is 4.65. The van der Waals surface area contributed by atoms with E-state index in [4.69, 9.17) is 0 Å². The van der Waals surface area contributed by atoms with Gasteiger partial charge in [-0.05, 0) is 41.1 Å². The van der Waals surface area contributed by atoms with Gasteiger partial charge >= 0.3 is 0 Å². The van der Waals surface area contributed by atoms with Gasteiger partial charge in [0, 0.05) is 39.8 Å². The van der Waals surface area contributed by atoms with E-state index in [0.29, 0.717) is 0 Å². The Morgan fingerprint density at radius 3 is 2.88 bits per heavy atom. The first-order valence-electron chi connectivity index (χ1n) is 9.14. The van der Waals surface area contributed by atoms with Crippen LogP contribution in [0.3, 0.4) is 0 Å². The van der Waals surface area contributed by atoms with Crippen molar-refractivity contribution in [3.05, 3.63) is 40.1 Å². The number of amides is 1. The van der Waals surface area contributed by atoms with Gasteiger partial charge in [0.25, 0.3) is 0 Å². The van der Waals surface area contributed by atoms with E-state index in [-0.39, 0.29) is 11.8 Å². The van der Waals surface area contributed by atoms with Gasteiger partial charge in [0.2, 0.25) is 5.91 Å². The van der Waals surface area contributed by atoms with Crippen LogP contribution >= 0.6 is 11.3 Å². The van der Waals surface area contributed by atoms with E-state index < -0.39 is 0 Å². The fourth-order valence-corrected chi connectivity index (χ4v) is 4.74. The molecule has 2 aromatic rings. The van der Waals surface area contributed by atoms with Crippen LogP contribution in [0.2, 0.25) is 0 Å². The van der Waals surface area contributed by atoms with Gasteiger partial charge in [0.05, 0.1) is 23.6 Å².